The maximum absolute atomic E-state index is 13.3. The zero-order valence-corrected chi connectivity index (χ0v) is 22.5. The molecule has 0 spiro atoms. The number of thiophene rings is 1. The topological polar surface area (TPSA) is 116 Å². The summed E-state index contributed by atoms with van der Waals surface area (Å²) in [5.74, 6) is -3.48. The molecule has 0 saturated carbocycles. The third kappa shape index (κ3) is 7.60. The Hall–Kier alpha value is -3.44. The Morgan fingerprint density at radius 2 is 1.57 bits per heavy atom. The van der Waals surface area contributed by atoms with E-state index in [2.05, 4.69) is 5.32 Å². The average molecular weight is 626 g/mol. The predicted octanol–water partition coefficient (Wildman–Crippen LogP) is 4.28. The highest BCUT2D eigenvalue weighted by Gasteiger charge is 2.37. The molecule has 40 heavy (non-hydrogen) atoms. The molecule has 3 N–H and O–H groups in total. The van der Waals surface area contributed by atoms with E-state index in [1.165, 1.54) is 18.4 Å². The van der Waals surface area contributed by atoms with Crippen molar-refractivity contribution in [3.8, 4) is 11.1 Å². The maximum Gasteiger partial charge on any atom is 0.416 e. The number of thioether (sulfide) groups is 1. The van der Waals surface area contributed by atoms with Crippen LogP contribution in [0.1, 0.15) is 21.6 Å². The number of carbonyl (C=O) groups is 4. The summed E-state index contributed by atoms with van der Waals surface area (Å²) in [5.41, 5.74) is -2.77. The van der Waals surface area contributed by atoms with Gasteiger partial charge in [0.15, 0.2) is 0 Å². The second kappa shape index (κ2) is 12.0. The van der Waals surface area contributed by atoms with E-state index in [0.29, 0.717) is 22.6 Å². The van der Waals surface area contributed by atoms with Crippen LogP contribution < -0.4 is 10.6 Å². The molecule has 0 unspecified atom stereocenters. The van der Waals surface area contributed by atoms with Crippen molar-refractivity contribution in [1.82, 2.24) is 15.5 Å². The van der Waals surface area contributed by atoms with Gasteiger partial charge in [-0.1, -0.05) is 24.0 Å². The zero-order chi connectivity index (χ0) is 30.0. The normalized spacial score (nSPS) is 15.1. The molecule has 3 rings (SSSR count). The average Bonchev–Trinajstić information content (AvgIpc) is 3.34. The van der Waals surface area contributed by atoms with Gasteiger partial charge >= 0.3 is 18.3 Å². The second-order valence-electron chi connectivity index (χ2n) is 8.15. The van der Waals surface area contributed by atoms with Crippen LogP contribution in [0.5, 0.6) is 0 Å². The summed E-state index contributed by atoms with van der Waals surface area (Å²) >= 11 is 6.96. The van der Waals surface area contributed by atoms with Gasteiger partial charge in [-0.05, 0) is 53.3 Å². The number of rotatable bonds is 8. The smallest absolute Gasteiger partial charge is 0.416 e. The molecule has 0 bridgehead atoms. The van der Waals surface area contributed by atoms with Crippen LogP contribution in [0.2, 0.25) is 0 Å². The summed E-state index contributed by atoms with van der Waals surface area (Å²) in [6, 6.07) is 1.28. The van der Waals surface area contributed by atoms with Gasteiger partial charge in [0, 0.05) is 4.88 Å². The van der Waals surface area contributed by atoms with Crippen molar-refractivity contribution in [3.05, 3.63) is 50.1 Å². The van der Waals surface area contributed by atoms with E-state index < -0.39 is 66.8 Å². The van der Waals surface area contributed by atoms with Crippen LogP contribution in [0.3, 0.4) is 0 Å². The lowest BCUT2D eigenvalue weighted by molar-refractivity contribution is -0.143. The number of carbonyl (C=O) groups excluding carboxylic acids is 3. The highest BCUT2D eigenvalue weighted by Crippen LogP contribution is 2.42. The molecule has 1 aliphatic rings. The van der Waals surface area contributed by atoms with Crippen LogP contribution in [-0.4, -0.2) is 57.7 Å². The van der Waals surface area contributed by atoms with Gasteiger partial charge in [0.25, 0.3) is 5.91 Å². The summed E-state index contributed by atoms with van der Waals surface area (Å²) in [6.45, 7) is -0.253. The molecule has 214 valence electrons. The molecular weight excluding hydrogens is 608 g/mol. The van der Waals surface area contributed by atoms with E-state index in [9.17, 15) is 45.5 Å². The van der Waals surface area contributed by atoms with Crippen LogP contribution in [0.25, 0.3) is 17.2 Å². The molecule has 1 saturated heterocycles. The third-order valence-electron chi connectivity index (χ3n) is 5.30. The molecule has 1 aromatic carbocycles. The summed E-state index contributed by atoms with van der Waals surface area (Å²) in [6.07, 6.45) is -8.64. The van der Waals surface area contributed by atoms with Gasteiger partial charge in [-0.15, -0.1) is 11.3 Å². The van der Waals surface area contributed by atoms with Crippen LogP contribution >= 0.6 is 35.3 Å². The zero-order valence-electron chi connectivity index (χ0n) is 20.0. The summed E-state index contributed by atoms with van der Waals surface area (Å²) in [7, 11) is 0. The van der Waals surface area contributed by atoms with Crippen molar-refractivity contribution in [2.45, 2.75) is 19.3 Å². The molecule has 3 amide bonds. The summed E-state index contributed by atoms with van der Waals surface area (Å²) < 4.78 is 79.7. The Balaban J connectivity index is 1.79. The number of hydrogen-bond acceptors (Lipinski definition) is 7. The fourth-order valence-electron chi connectivity index (χ4n) is 3.34. The lowest BCUT2D eigenvalue weighted by Crippen LogP contribution is -2.44. The predicted molar refractivity (Wildman–Crippen MR) is 138 cm³/mol. The number of thiocarbonyl (C=S) groups is 1. The first kappa shape index (κ1) is 31.1. The van der Waals surface area contributed by atoms with Crippen LogP contribution in [0, 0.1) is 6.92 Å². The SMILES string of the molecule is Cc1c(-c2cc(C(F)(F)F)cc(C(F)(F)F)c2)csc1C=C1SC(=S)N(CC(=O)NCC(=O)NCC(=O)O)C1=O. The molecule has 2 aromatic rings. The van der Waals surface area contributed by atoms with E-state index >= 15 is 0 Å². The Kier molecular flexibility index (Phi) is 9.31. The number of carboxylic acid groups (broad SMARTS) is 1. The first-order chi connectivity index (χ1) is 18.5. The van der Waals surface area contributed by atoms with E-state index in [1.807, 2.05) is 5.32 Å². The Morgan fingerprint density at radius 1 is 1.00 bits per heavy atom. The Bertz CT molecular complexity index is 1390. The van der Waals surface area contributed by atoms with E-state index in [-0.39, 0.29) is 26.4 Å². The van der Waals surface area contributed by atoms with Crippen molar-refractivity contribution < 1.29 is 50.6 Å². The molecule has 8 nitrogen and oxygen atoms in total. The molecule has 0 aliphatic carbocycles. The number of carboxylic acids is 1. The van der Waals surface area contributed by atoms with E-state index in [1.54, 1.807) is 0 Å². The number of nitrogens with one attached hydrogen (secondary N) is 2. The minimum Gasteiger partial charge on any atom is -0.480 e. The Morgan fingerprint density at radius 3 is 2.12 bits per heavy atom. The van der Waals surface area contributed by atoms with Crippen molar-refractivity contribution in [3.63, 3.8) is 0 Å². The quantitative estimate of drug-likeness (QED) is 0.228. The van der Waals surface area contributed by atoms with E-state index in [4.69, 9.17) is 17.3 Å². The first-order valence-corrected chi connectivity index (χ1v) is 13.0. The van der Waals surface area contributed by atoms with Gasteiger partial charge < -0.3 is 15.7 Å². The van der Waals surface area contributed by atoms with E-state index in [0.717, 1.165) is 28.0 Å². The number of halogens is 6. The lowest BCUT2D eigenvalue weighted by atomic mass is 9.98. The van der Waals surface area contributed by atoms with Gasteiger partial charge in [0.1, 0.15) is 17.4 Å². The van der Waals surface area contributed by atoms with Gasteiger partial charge in [-0.3, -0.25) is 24.1 Å². The van der Waals surface area contributed by atoms with Gasteiger partial charge in [0.05, 0.1) is 22.6 Å². The van der Waals surface area contributed by atoms with Crippen molar-refractivity contribution in [2.24, 2.45) is 0 Å². The third-order valence-corrected chi connectivity index (χ3v) is 7.71. The minimum atomic E-state index is -5.01. The molecule has 1 aliphatic heterocycles. The maximum atomic E-state index is 13.3. The second-order valence-corrected chi connectivity index (χ2v) is 10.7. The van der Waals surface area contributed by atoms with Crippen LogP contribution in [-0.2, 0) is 31.5 Å². The first-order valence-electron chi connectivity index (χ1n) is 10.9. The Labute approximate surface area is 235 Å². The van der Waals surface area contributed by atoms with Crippen molar-refractivity contribution >= 4 is 69.4 Å². The van der Waals surface area contributed by atoms with Crippen LogP contribution in [0.4, 0.5) is 26.3 Å². The summed E-state index contributed by atoms with van der Waals surface area (Å²) in [5, 5.41) is 14.2. The van der Waals surface area contributed by atoms with Gasteiger partial charge in [0.2, 0.25) is 11.8 Å². The van der Waals surface area contributed by atoms with Crippen LogP contribution in [0.15, 0.2) is 28.5 Å². The van der Waals surface area contributed by atoms with Gasteiger partial charge in [-0.2, -0.15) is 26.3 Å². The number of benzene rings is 1. The highest BCUT2D eigenvalue weighted by molar-refractivity contribution is 8.26. The largest absolute Gasteiger partial charge is 0.480 e. The number of alkyl halides is 6. The molecule has 1 aromatic heterocycles. The fourth-order valence-corrected chi connectivity index (χ4v) is 5.68. The molecular formula is C23H17F6N3O5S3. The molecule has 1 fully saturated rings. The molecule has 2 heterocycles. The fraction of sp³-hybridized carbons (Fsp3) is 0.261. The minimum absolute atomic E-state index is 0.00357. The summed E-state index contributed by atoms with van der Waals surface area (Å²) in [4.78, 5) is 48.4. The van der Waals surface area contributed by atoms with Crippen molar-refractivity contribution in [2.75, 3.05) is 19.6 Å². The standard InChI is InChI=1S/C23H17F6N3O5S3/c1-10-14(11-2-12(22(24,25)26)4-13(3-11)23(27,28)29)9-39-15(10)5-16-20(37)32(21(38)40-16)8-18(34)30-6-17(33)31-7-19(35)36/h2-5,9H,6-8H2,1H3,(H,30,34)(H,31,33)(H,35,36). The number of amides is 3. The molecule has 17 heteroatoms. The monoisotopic (exact) mass is 625 g/mol. The molecule has 0 atom stereocenters. The lowest BCUT2D eigenvalue weighted by Gasteiger charge is -2.14. The number of nitrogens with zero attached hydrogens (tertiary/aromatic N) is 1. The molecule has 0 radical (unpaired) electrons. The van der Waals surface area contributed by atoms with Gasteiger partial charge in [-0.25, -0.2) is 0 Å². The van der Waals surface area contributed by atoms with Crippen molar-refractivity contribution in [1.29, 1.82) is 0 Å². The highest BCUT2D eigenvalue weighted by atomic mass is 32.2. The number of hydrogen-bond donors (Lipinski definition) is 3. The number of aliphatic carboxylic acids is 1.